The molecule has 0 radical (unpaired) electrons. The van der Waals surface area contributed by atoms with Crippen molar-refractivity contribution in [2.45, 2.75) is 58.6 Å². The summed E-state index contributed by atoms with van der Waals surface area (Å²) in [5.74, 6) is 0.0687. The molecule has 3 amide bonds. The Morgan fingerprint density at radius 3 is 2.54 bits per heavy atom. The fourth-order valence-corrected chi connectivity index (χ4v) is 3.26. The highest BCUT2D eigenvalue weighted by atomic mass is 16.3. The van der Waals surface area contributed by atoms with Crippen LogP contribution in [0.1, 0.15) is 55.5 Å². The van der Waals surface area contributed by atoms with Gasteiger partial charge in [-0.3, -0.25) is 4.79 Å². The number of anilines is 1. The van der Waals surface area contributed by atoms with Crippen molar-refractivity contribution in [3.05, 3.63) is 29.3 Å². The Labute approximate surface area is 154 Å². The molecule has 2 fully saturated rings. The van der Waals surface area contributed by atoms with Crippen LogP contribution in [0.15, 0.2) is 18.2 Å². The van der Waals surface area contributed by atoms with Gasteiger partial charge in [-0.1, -0.05) is 19.9 Å². The number of carbonyl (C=O) groups is 2. The summed E-state index contributed by atoms with van der Waals surface area (Å²) in [5.41, 5.74) is 1.88. The SMILES string of the molecule is Cc1ccc(C(=O)NC2CC2)cc1NC(=O)NCC1([C@H](O)C(C)C)CC1. The summed E-state index contributed by atoms with van der Waals surface area (Å²) in [4.78, 5) is 24.5. The number of aliphatic hydroxyl groups excluding tert-OH is 1. The number of hydrogen-bond acceptors (Lipinski definition) is 3. The van der Waals surface area contributed by atoms with Crippen LogP contribution in [0.2, 0.25) is 0 Å². The highest BCUT2D eigenvalue weighted by Gasteiger charge is 2.49. The second-order valence-electron chi connectivity index (χ2n) is 8.14. The van der Waals surface area contributed by atoms with E-state index in [0.29, 0.717) is 23.8 Å². The highest BCUT2D eigenvalue weighted by Crippen LogP contribution is 2.50. The van der Waals surface area contributed by atoms with Gasteiger partial charge < -0.3 is 21.1 Å². The van der Waals surface area contributed by atoms with Crippen LogP contribution in [-0.4, -0.2) is 35.7 Å². The summed E-state index contributed by atoms with van der Waals surface area (Å²) in [5, 5.41) is 19.0. The first kappa shape index (κ1) is 18.7. The van der Waals surface area contributed by atoms with E-state index in [4.69, 9.17) is 0 Å². The van der Waals surface area contributed by atoms with E-state index in [1.165, 1.54) is 0 Å². The molecule has 0 saturated heterocycles. The van der Waals surface area contributed by atoms with E-state index in [9.17, 15) is 14.7 Å². The molecule has 0 aromatic heterocycles. The first-order chi connectivity index (χ1) is 12.3. The van der Waals surface area contributed by atoms with Gasteiger partial charge in [0.05, 0.1) is 6.10 Å². The van der Waals surface area contributed by atoms with Gasteiger partial charge in [0.1, 0.15) is 0 Å². The summed E-state index contributed by atoms with van der Waals surface area (Å²) >= 11 is 0. The van der Waals surface area contributed by atoms with Crippen LogP contribution < -0.4 is 16.0 Å². The van der Waals surface area contributed by atoms with E-state index in [0.717, 1.165) is 31.2 Å². The zero-order valence-corrected chi connectivity index (χ0v) is 15.8. The summed E-state index contributed by atoms with van der Waals surface area (Å²) < 4.78 is 0. The number of carbonyl (C=O) groups excluding carboxylic acids is 2. The minimum Gasteiger partial charge on any atom is -0.392 e. The third-order valence-corrected chi connectivity index (χ3v) is 5.41. The van der Waals surface area contributed by atoms with E-state index in [1.54, 1.807) is 12.1 Å². The third kappa shape index (κ3) is 4.36. The van der Waals surface area contributed by atoms with E-state index >= 15 is 0 Å². The topological polar surface area (TPSA) is 90.5 Å². The molecule has 1 atom stereocenters. The zero-order valence-electron chi connectivity index (χ0n) is 15.8. The second kappa shape index (κ2) is 7.27. The maximum absolute atomic E-state index is 12.3. The largest absolute Gasteiger partial charge is 0.392 e. The van der Waals surface area contributed by atoms with Crippen LogP contribution in [-0.2, 0) is 0 Å². The Balaban J connectivity index is 1.57. The molecular weight excluding hydrogens is 330 g/mol. The van der Waals surface area contributed by atoms with Gasteiger partial charge in [0.2, 0.25) is 0 Å². The summed E-state index contributed by atoms with van der Waals surface area (Å²) in [6.07, 6.45) is 3.54. The molecule has 2 aliphatic rings. The van der Waals surface area contributed by atoms with Crippen LogP contribution in [0.4, 0.5) is 10.5 Å². The smallest absolute Gasteiger partial charge is 0.319 e. The molecule has 3 rings (SSSR count). The van der Waals surface area contributed by atoms with Crippen LogP contribution in [0.25, 0.3) is 0 Å². The van der Waals surface area contributed by atoms with Crippen molar-refractivity contribution in [2.24, 2.45) is 11.3 Å². The molecule has 4 N–H and O–H groups in total. The lowest BCUT2D eigenvalue weighted by Crippen LogP contribution is -2.40. The number of nitrogens with one attached hydrogen (secondary N) is 3. The van der Waals surface area contributed by atoms with Gasteiger partial charge in [-0.15, -0.1) is 0 Å². The van der Waals surface area contributed by atoms with Gasteiger partial charge >= 0.3 is 6.03 Å². The molecule has 6 nitrogen and oxygen atoms in total. The quantitative estimate of drug-likeness (QED) is 0.603. The monoisotopic (exact) mass is 359 g/mol. The Morgan fingerprint density at radius 2 is 1.96 bits per heavy atom. The first-order valence-electron chi connectivity index (χ1n) is 9.45. The molecule has 2 saturated carbocycles. The van der Waals surface area contributed by atoms with Gasteiger partial charge in [0.15, 0.2) is 0 Å². The highest BCUT2D eigenvalue weighted by molar-refractivity contribution is 5.97. The summed E-state index contributed by atoms with van der Waals surface area (Å²) in [6, 6.07) is 5.31. The number of benzene rings is 1. The number of aliphatic hydroxyl groups is 1. The van der Waals surface area contributed by atoms with E-state index in [2.05, 4.69) is 16.0 Å². The molecule has 0 aliphatic heterocycles. The standard InChI is InChI=1S/C20H29N3O3/c1-12(2)17(24)20(8-9-20)11-21-19(26)23-16-10-14(5-4-13(16)3)18(25)22-15-6-7-15/h4-5,10,12,15,17,24H,6-9,11H2,1-3H3,(H,22,25)(H2,21,23,26)/t17-/m1/s1. The molecule has 0 heterocycles. The lowest BCUT2D eigenvalue weighted by atomic mass is 9.90. The molecule has 26 heavy (non-hydrogen) atoms. The molecule has 2 aliphatic carbocycles. The van der Waals surface area contributed by atoms with Crippen molar-refractivity contribution in [3.63, 3.8) is 0 Å². The van der Waals surface area contributed by atoms with Crippen LogP contribution >= 0.6 is 0 Å². The van der Waals surface area contributed by atoms with Crippen molar-refractivity contribution in [1.82, 2.24) is 10.6 Å². The van der Waals surface area contributed by atoms with Gasteiger partial charge in [-0.2, -0.15) is 0 Å². The average Bonchev–Trinajstić information content (AvgIpc) is 3.50. The Hall–Kier alpha value is -2.08. The number of hydrogen-bond donors (Lipinski definition) is 4. The van der Waals surface area contributed by atoms with Gasteiger partial charge in [0, 0.05) is 29.3 Å². The molecule has 0 unspecified atom stereocenters. The van der Waals surface area contributed by atoms with E-state index in [-0.39, 0.29) is 23.3 Å². The van der Waals surface area contributed by atoms with Gasteiger partial charge in [-0.25, -0.2) is 4.79 Å². The predicted molar refractivity (Wildman–Crippen MR) is 101 cm³/mol. The van der Waals surface area contributed by atoms with E-state index in [1.807, 2.05) is 26.8 Å². The summed E-state index contributed by atoms with van der Waals surface area (Å²) in [7, 11) is 0. The summed E-state index contributed by atoms with van der Waals surface area (Å²) in [6.45, 7) is 6.33. The lowest BCUT2D eigenvalue weighted by molar-refractivity contribution is 0.0518. The molecule has 1 aromatic rings. The number of aryl methyl sites for hydroxylation is 1. The molecule has 0 bridgehead atoms. The molecule has 142 valence electrons. The average molecular weight is 359 g/mol. The lowest BCUT2D eigenvalue weighted by Gasteiger charge is -2.25. The molecular formula is C20H29N3O3. The van der Waals surface area contributed by atoms with Crippen molar-refractivity contribution in [2.75, 3.05) is 11.9 Å². The van der Waals surface area contributed by atoms with E-state index < -0.39 is 6.10 Å². The fraction of sp³-hybridized carbons (Fsp3) is 0.600. The number of rotatable bonds is 7. The number of amides is 3. The Morgan fingerprint density at radius 1 is 1.27 bits per heavy atom. The predicted octanol–water partition coefficient (Wildman–Crippen LogP) is 2.81. The normalized spacial score (nSPS) is 19.0. The van der Waals surface area contributed by atoms with Crippen molar-refractivity contribution >= 4 is 17.6 Å². The van der Waals surface area contributed by atoms with Crippen LogP contribution in [0, 0.1) is 18.3 Å². The maximum Gasteiger partial charge on any atom is 0.319 e. The van der Waals surface area contributed by atoms with Crippen molar-refractivity contribution in [1.29, 1.82) is 0 Å². The molecule has 0 spiro atoms. The zero-order chi connectivity index (χ0) is 18.9. The molecule has 1 aromatic carbocycles. The third-order valence-electron chi connectivity index (χ3n) is 5.41. The Kier molecular flexibility index (Phi) is 5.23. The van der Waals surface area contributed by atoms with Crippen LogP contribution in [0.5, 0.6) is 0 Å². The minimum absolute atomic E-state index is 0.104. The van der Waals surface area contributed by atoms with Gasteiger partial charge in [-0.05, 0) is 56.2 Å². The van der Waals surface area contributed by atoms with Gasteiger partial charge in [0.25, 0.3) is 5.91 Å². The van der Waals surface area contributed by atoms with Crippen molar-refractivity contribution < 1.29 is 14.7 Å². The number of urea groups is 1. The van der Waals surface area contributed by atoms with Crippen molar-refractivity contribution in [3.8, 4) is 0 Å². The second-order valence-corrected chi connectivity index (χ2v) is 8.14. The maximum atomic E-state index is 12.3. The Bertz CT molecular complexity index is 694. The fourth-order valence-electron chi connectivity index (χ4n) is 3.26. The van der Waals surface area contributed by atoms with Crippen LogP contribution in [0.3, 0.4) is 0 Å². The molecule has 6 heteroatoms. The minimum atomic E-state index is -0.404. The first-order valence-corrected chi connectivity index (χ1v) is 9.45.